The minimum atomic E-state index is -0.751. The molecular formula is C34H38Br2O5. The van der Waals surface area contributed by atoms with Crippen molar-refractivity contribution in [1.82, 2.24) is 0 Å². The van der Waals surface area contributed by atoms with E-state index in [0.717, 1.165) is 46.6 Å². The van der Waals surface area contributed by atoms with Gasteiger partial charge in [-0.2, -0.15) is 0 Å². The zero-order valence-corrected chi connectivity index (χ0v) is 27.3. The van der Waals surface area contributed by atoms with Gasteiger partial charge in [0.05, 0.1) is 23.7 Å². The van der Waals surface area contributed by atoms with Gasteiger partial charge in [0, 0.05) is 14.4 Å². The first-order chi connectivity index (χ1) is 19.5. The third-order valence-corrected chi connectivity index (χ3v) is 10.6. The van der Waals surface area contributed by atoms with Crippen molar-refractivity contribution in [3.8, 4) is 0 Å². The van der Waals surface area contributed by atoms with Crippen molar-refractivity contribution in [2.24, 2.45) is 22.7 Å². The molecule has 1 saturated carbocycles. The molecule has 218 valence electrons. The predicted octanol–water partition coefficient (Wildman–Crippen LogP) is 9.07. The number of allylic oxidation sites excluding steroid dienone is 3. The highest BCUT2D eigenvalue weighted by Gasteiger charge is 2.63. The molecule has 1 aliphatic heterocycles. The summed E-state index contributed by atoms with van der Waals surface area (Å²) < 4.78 is 20.5. The lowest BCUT2D eigenvalue weighted by molar-refractivity contribution is -0.185. The number of fused-ring (bicyclic) bond motifs is 3. The molecule has 2 aromatic carbocycles. The van der Waals surface area contributed by atoms with Crippen molar-refractivity contribution in [1.29, 1.82) is 0 Å². The van der Waals surface area contributed by atoms with E-state index in [1.165, 1.54) is 5.57 Å². The van der Waals surface area contributed by atoms with Crippen molar-refractivity contribution >= 4 is 43.8 Å². The second-order valence-corrected chi connectivity index (χ2v) is 14.2. The lowest BCUT2D eigenvalue weighted by Crippen LogP contribution is -2.59. The lowest BCUT2D eigenvalue weighted by atomic mass is 9.46. The van der Waals surface area contributed by atoms with E-state index >= 15 is 0 Å². The monoisotopic (exact) mass is 684 g/mol. The van der Waals surface area contributed by atoms with E-state index in [1.54, 1.807) is 24.3 Å². The van der Waals surface area contributed by atoms with Crippen LogP contribution in [0.3, 0.4) is 0 Å². The van der Waals surface area contributed by atoms with Crippen LogP contribution in [0.15, 0.2) is 80.8 Å². The highest BCUT2D eigenvalue weighted by molar-refractivity contribution is 9.10. The van der Waals surface area contributed by atoms with Gasteiger partial charge in [-0.05, 0) is 111 Å². The Labute approximate surface area is 260 Å². The molecule has 0 N–H and O–H groups in total. The third-order valence-electron chi connectivity index (χ3n) is 9.54. The van der Waals surface area contributed by atoms with Crippen molar-refractivity contribution < 1.29 is 23.8 Å². The number of halogens is 2. The molecular weight excluding hydrogens is 648 g/mol. The molecule has 5 rings (SSSR count). The van der Waals surface area contributed by atoms with Gasteiger partial charge < -0.3 is 14.2 Å². The SMILES string of the molecule is CC(C)=CCC[C@]1(C)CC[C@@H](OC(=O)c2ccc(Br)cc2)[C@@]2(C)C1CC=C1CO[C@@H](OC(=O)c3ccc(Br)cc3)[C@@H]12. The van der Waals surface area contributed by atoms with Crippen LogP contribution < -0.4 is 0 Å². The van der Waals surface area contributed by atoms with Crippen molar-refractivity contribution in [2.45, 2.75) is 72.2 Å². The zero-order chi connectivity index (χ0) is 29.4. The predicted molar refractivity (Wildman–Crippen MR) is 166 cm³/mol. The molecule has 2 aromatic rings. The first kappa shape index (κ1) is 30.2. The van der Waals surface area contributed by atoms with E-state index < -0.39 is 17.7 Å². The van der Waals surface area contributed by atoms with Gasteiger partial charge in [0.15, 0.2) is 0 Å². The fourth-order valence-electron chi connectivity index (χ4n) is 7.38. The standard InChI is InChI=1S/C34H38Br2O5/c1-21(2)6-5-18-33(3)19-17-28(40-30(37)22-7-12-25(35)13-8-22)34(4)27(33)16-11-24-20-39-32(29(24)34)41-31(38)23-9-14-26(36)15-10-23/h6-15,27-29,32H,5,16-20H2,1-4H3/t27?,28-,29-,32+,33-,34-/m1/s1. The van der Waals surface area contributed by atoms with Gasteiger partial charge in [0.1, 0.15) is 6.10 Å². The Hall–Kier alpha value is -2.22. The van der Waals surface area contributed by atoms with Crippen LogP contribution in [0.1, 0.15) is 80.5 Å². The largest absolute Gasteiger partial charge is 0.458 e. The molecule has 7 heteroatoms. The van der Waals surface area contributed by atoms with Gasteiger partial charge in [0.2, 0.25) is 6.29 Å². The molecule has 1 saturated heterocycles. The summed E-state index contributed by atoms with van der Waals surface area (Å²) in [6.07, 6.45) is 8.16. The van der Waals surface area contributed by atoms with E-state index in [4.69, 9.17) is 14.2 Å². The van der Waals surface area contributed by atoms with Crippen LogP contribution in [0.4, 0.5) is 0 Å². The van der Waals surface area contributed by atoms with Crippen LogP contribution in [0.5, 0.6) is 0 Å². The highest BCUT2D eigenvalue weighted by atomic mass is 79.9. The van der Waals surface area contributed by atoms with Crippen LogP contribution in [0.25, 0.3) is 0 Å². The van der Waals surface area contributed by atoms with Crippen LogP contribution in [-0.4, -0.2) is 30.9 Å². The third kappa shape index (κ3) is 6.14. The number of hydrogen-bond donors (Lipinski definition) is 0. The molecule has 0 spiro atoms. The van der Waals surface area contributed by atoms with Crippen molar-refractivity contribution in [2.75, 3.05) is 6.61 Å². The number of carbonyl (C=O) groups excluding carboxylic acids is 2. The van der Waals surface area contributed by atoms with E-state index in [0.29, 0.717) is 17.7 Å². The molecule has 1 unspecified atom stereocenters. The molecule has 0 amide bonds. The lowest BCUT2D eigenvalue weighted by Gasteiger charge is -2.59. The number of hydrogen-bond acceptors (Lipinski definition) is 5. The molecule has 0 radical (unpaired) electrons. The van der Waals surface area contributed by atoms with Crippen molar-refractivity contribution in [3.63, 3.8) is 0 Å². The Morgan fingerprint density at radius 3 is 2.12 bits per heavy atom. The molecule has 2 fully saturated rings. The fourth-order valence-corrected chi connectivity index (χ4v) is 7.91. The second kappa shape index (κ2) is 12.2. The maximum Gasteiger partial charge on any atom is 0.340 e. The summed E-state index contributed by atoms with van der Waals surface area (Å²) in [4.78, 5) is 26.7. The fraction of sp³-hybridized carbons (Fsp3) is 0.471. The second-order valence-electron chi connectivity index (χ2n) is 12.4. The molecule has 0 bridgehead atoms. The smallest absolute Gasteiger partial charge is 0.340 e. The van der Waals surface area contributed by atoms with Crippen LogP contribution in [-0.2, 0) is 14.2 Å². The summed E-state index contributed by atoms with van der Waals surface area (Å²) in [5, 5.41) is 0. The number of carbonyl (C=O) groups is 2. The summed E-state index contributed by atoms with van der Waals surface area (Å²) in [6, 6.07) is 14.4. The number of esters is 2. The molecule has 0 aromatic heterocycles. The number of ether oxygens (including phenoxy) is 3. The average Bonchev–Trinajstić information content (AvgIpc) is 3.35. The van der Waals surface area contributed by atoms with Crippen LogP contribution >= 0.6 is 31.9 Å². The number of benzene rings is 2. The molecule has 2 aliphatic carbocycles. The van der Waals surface area contributed by atoms with Crippen molar-refractivity contribution in [3.05, 3.63) is 91.9 Å². The topological polar surface area (TPSA) is 61.8 Å². The van der Waals surface area contributed by atoms with Gasteiger partial charge in [-0.25, -0.2) is 9.59 Å². The number of rotatable bonds is 7. The maximum atomic E-state index is 13.4. The minimum absolute atomic E-state index is 0.0338. The first-order valence-corrected chi connectivity index (χ1v) is 16.0. The summed E-state index contributed by atoms with van der Waals surface area (Å²) in [6.45, 7) is 9.32. The first-order valence-electron chi connectivity index (χ1n) is 14.4. The van der Waals surface area contributed by atoms with Gasteiger partial charge in [0.25, 0.3) is 0 Å². The van der Waals surface area contributed by atoms with Gasteiger partial charge >= 0.3 is 11.9 Å². The van der Waals surface area contributed by atoms with Gasteiger partial charge in [-0.3, -0.25) is 0 Å². The van der Waals surface area contributed by atoms with Crippen LogP contribution in [0.2, 0.25) is 0 Å². The Kier molecular flexibility index (Phi) is 8.98. The zero-order valence-electron chi connectivity index (χ0n) is 24.1. The molecule has 5 nitrogen and oxygen atoms in total. The minimum Gasteiger partial charge on any atom is -0.458 e. The molecule has 1 heterocycles. The Balaban J connectivity index is 1.48. The van der Waals surface area contributed by atoms with E-state index in [2.05, 4.69) is 71.7 Å². The Morgan fingerprint density at radius 1 is 0.951 bits per heavy atom. The molecule has 3 aliphatic rings. The van der Waals surface area contributed by atoms with E-state index in [9.17, 15) is 9.59 Å². The average molecular weight is 686 g/mol. The summed E-state index contributed by atoms with van der Waals surface area (Å²) in [5.74, 6) is -0.720. The van der Waals surface area contributed by atoms with Gasteiger partial charge in [-0.15, -0.1) is 0 Å². The van der Waals surface area contributed by atoms with E-state index in [1.807, 2.05) is 24.3 Å². The molecule has 6 atom stereocenters. The quantitative estimate of drug-likeness (QED) is 0.215. The summed E-state index contributed by atoms with van der Waals surface area (Å²) >= 11 is 6.87. The molecule has 41 heavy (non-hydrogen) atoms. The summed E-state index contributed by atoms with van der Waals surface area (Å²) in [5.41, 5.74) is 3.01. The van der Waals surface area contributed by atoms with Gasteiger partial charge in [-0.1, -0.05) is 63.4 Å². The summed E-state index contributed by atoms with van der Waals surface area (Å²) in [7, 11) is 0. The van der Waals surface area contributed by atoms with Crippen LogP contribution in [0, 0.1) is 22.7 Å². The Bertz CT molecular complexity index is 1340. The van der Waals surface area contributed by atoms with E-state index in [-0.39, 0.29) is 29.3 Å². The highest BCUT2D eigenvalue weighted by Crippen LogP contribution is 2.64. The maximum absolute atomic E-state index is 13.4. The Morgan fingerprint density at radius 2 is 1.54 bits per heavy atom. The normalized spacial score (nSPS) is 30.4.